The highest BCUT2D eigenvalue weighted by atomic mass is 16.7. The smallest absolute Gasteiger partial charge is 0.337 e. The maximum Gasteiger partial charge on any atom is 0.337 e. The Kier molecular flexibility index (Phi) is 6.30. The Balaban J connectivity index is 1.59. The largest absolute Gasteiger partial charge is 0.468 e. The van der Waals surface area contributed by atoms with E-state index in [-0.39, 0.29) is 24.6 Å². The average molecular weight is 482 g/mol. The van der Waals surface area contributed by atoms with Crippen molar-refractivity contribution in [1.82, 2.24) is 5.32 Å². The van der Waals surface area contributed by atoms with Crippen molar-refractivity contribution >= 4 is 17.7 Å². The first-order chi connectivity index (χ1) is 16.9. The Labute approximate surface area is 204 Å². The Bertz CT molecular complexity index is 1130. The van der Waals surface area contributed by atoms with E-state index >= 15 is 0 Å². The molecular formula is C27H31NO7. The van der Waals surface area contributed by atoms with E-state index in [9.17, 15) is 14.4 Å². The molecule has 4 aliphatic rings. The van der Waals surface area contributed by atoms with Crippen molar-refractivity contribution in [2.75, 3.05) is 13.9 Å². The third-order valence-corrected chi connectivity index (χ3v) is 7.52. The Morgan fingerprint density at radius 2 is 1.83 bits per heavy atom. The number of ketones is 1. The summed E-state index contributed by atoms with van der Waals surface area (Å²) >= 11 is 0. The molecule has 1 aromatic rings. The minimum Gasteiger partial charge on any atom is -0.468 e. The van der Waals surface area contributed by atoms with Gasteiger partial charge in [-0.3, -0.25) is 9.59 Å². The first kappa shape index (κ1) is 23.5. The lowest BCUT2D eigenvalue weighted by Crippen LogP contribution is -2.43. The number of allylic oxidation sites excluding steroid dienone is 3. The van der Waals surface area contributed by atoms with E-state index in [1.807, 2.05) is 26.0 Å². The molecule has 0 unspecified atom stereocenters. The van der Waals surface area contributed by atoms with Gasteiger partial charge in [0.2, 0.25) is 6.79 Å². The van der Waals surface area contributed by atoms with Crippen molar-refractivity contribution < 1.29 is 33.3 Å². The number of hydrogen-bond acceptors (Lipinski definition) is 8. The summed E-state index contributed by atoms with van der Waals surface area (Å²) < 4.78 is 22.0. The van der Waals surface area contributed by atoms with Crippen LogP contribution < -0.4 is 14.8 Å². The highest BCUT2D eigenvalue weighted by Crippen LogP contribution is 2.47. The van der Waals surface area contributed by atoms with Crippen LogP contribution in [0.5, 0.6) is 11.5 Å². The molecule has 0 bridgehead atoms. The molecule has 2 aliphatic heterocycles. The van der Waals surface area contributed by atoms with Crippen LogP contribution in [-0.2, 0) is 23.9 Å². The van der Waals surface area contributed by atoms with Crippen molar-refractivity contribution in [2.24, 2.45) is 11.8 Å². The second kappa shape index (κ2) is 9.40. The fraction of sp³-hybridized carbons (Fsp3) is 0.519. The van der Waals surface area contributed by atoms with E-state index in [2.05, 4.69) is 5.32 Å². The zero-order valence-corrected chi connectivity index (χ0v) is 20.3. The number of carbonyl (C=O) groups is 3. The summed E-state index contributed by atoms with van der Waals surface area (Å²) in [5.41, 5.74) is 2.91. The highest BCUT2D eigenvalue weighted by Gasteiger charge is 2.47. The summed E-state index contributed by atoms with van der Waals surface area (Å²) in [6.07, 6.45) is 5.26. The Morgan fingerprint density at radius 3 is 2.57 bits per heavy atom. The third kappa shape index (κ3) is 4.19. The van der Waals surface area contributed by atoms with E-state index in [1.54, 1.807) is 6.07 Å². The number of fused-ring (bicyclic) bond motifs is 1. The first-order valence-electron chi connectivity index (χ1n) is 12.3. The topological polar surface area (TPSA) is 100 Å². The van der Waals surface area contributed by atoms with E-state index in [1.165, 1.54) is 7.11 Å². The Hall–Kier alpha value is -3.29. The van der Waals surface area contributed by atoms with Gasteiger partial charge in [-0.05, 0) is 62.6 Å². The van der Waals surface area contributed by atoms with Crippen molar-refractivity contribution in [3.8, 4) is 11.5 Å². The fourth-order valence-electron chi connectivity index (χ4n) is 5.77. The van der Waals surface area contributed by atoms with Gasteiger partial charge in [0.25, 0.3) is 0 Å². The maximum absolute atomic E-state index is 13.8. The number of hydrogen-bond donors (Lipinski definition) is 1. The second-order valence-corrected chi connectivity index (χ2v) is 9.81. The number of benzene rings is 1. The standard InChI is InChI=1S/C27H31NO7/c1-14-11-18-24(25(29)21(14)26(30)32-3)23(16-9-10-19-20(12-16)34-13-33-19)22(15(2)28-18)27(31)35-17-7-5-4-6-8-17/h9-10,12,14,17,21,23,28H,4-8,11,13H2,1-3H3/t14-,21+,23+/m1/s1. The first-order valence-corrected chi connectivity index (χ1v) is 12.3. The molecule has 3 atom stereocenters. The molecule has 8 heteroatoms. The van der Waals surface area contributed by atoms with Crippen LogP contribution >= 0.6 is 0 Å². The van der Waals surface area contributed by atoms with E-state index in [0.717, 1.165) is 37.8 Å². The SMILES string of the molecule is COC(=O)[C@@H]1C(=O)C2=C(C[C@H]1C)NC(C)=C(C(=O)OC1CCCCC1)[C@@H]2c1ccc2c(c1)OCO2. The lowest BCUT2D eigenvalue weighted by atomic mass is 9.69. The van der Waals surface area contributed by atoms with Crippen molar-refractivity contribution in [3.63, 3.8) is 0 Å². The molecule has 0 amide bonds. The van der Waals surface area contributed by atoms with Gasteiger partial charge in [0.05, 0.1) is 12.7 Å². The Morgan fingerprint density at radius 1 is 1.09 bits per heavy atom. The maximum atomic E-state index is 13.8. The molecule has 1 aromatic carbocycles. The monoisotopic (exact) mass is 481 g/mol. The minimum atomic E-state index is -0.925. The van der Waals surface area contributed by atoms with E-state index in [4.69, 9.17) is 18.9 Å². The molecule has 5 rings (SSSR count). The summed E-state index contributed by atoms with van der Waals surface area (Å²) in [7, 11) is 1.29. The molecule has 0 aromatic heterocycles. The predicted octanol–water partition coefficient (Wildman–Crippen LogP) is 3.90. The van der Waals surface area contributed by atoms with Gasteiger partial charge in [-0.2, -0.15) is 0 Å². The summed E-state index contributed by atoms with van der Waals surface area (Å²) in [5, 5.41) is 3.31. The van der Waals surface area contributed by atoms with Gasteiger partial charge >= 0.3 is 11.9 Å². The van der Waals surface area contributed by atoms with Crippen LogP contribution in [0.25, 0.3) is 0 Å². The van der Waals surface area contributed by atoms with Crippen LogP contribution in [0.1, 0.15) is 63.9 Å². The molecule has 1 saturated carbocycles. The van der Waals surface area contributed by atoms with E-state index in [0.29, 0.717) is 40.3 Å². The summed E-state index contributed by atoms with van der Waals surface area (Å²) in [4.78, 5) is 40.0. The molecule has 2 heterocycles. The molecule has 1 N–H and O–H groups in total. The van der Waals surface area contributed by atoms with Crippen molar-refractivity contribution in [1.29, 1.82) is 0 Å². The number of esters is 2. The van der Waals surface area contributed by atoms with Crippen LogP contribution in [0.3, 0.4) is 0 Å². The molecule has 186 valence electrons. The van der Waals surface area contributed by atoms with Crippen LogP contribution in [0.15, 0.2) is 40.7 Å². The average Bonchev–Trinajstić information content (AvgIpc) is 3.31. The number of nitrogens with one attached hydrogen (secondary N) is 1. The van der Waals surface area contributed by atoms with Crippen molar-refractivity contribution in [2.45, 2.75) is 64.4 Å². The van der Waals surface area contributed by atoms with Gasteiger partial charge in [-0.1, -0.05) is 19.4 Å². The van der Waals surface area contributed by atoms with Crippen molar-refractivity contribution in [3.05, 3.63) is 46.3 Å². The molecule has 0 saturated heterocycles. The van der Waals surface area contributed by atoms with Gasteiger partial charge in [0.1, 0.15) is 12.0 Å². The number of ether oxygens (including phenoxy) is 4. The number of carbonyl (C=O) groups excluding carboxylic acids is 3. The molecule has 8 nitrogen and oxygen atoms in total. The van der Waals surface area contributed by atoms with Gasteiger partial charge in [-0.15, -0.1) is 0 Å². The molecular weight excluding hydrogens is 450 g/mol. The lowest BCUT2D eigenvalue weighted by molar-refractivity contribution is -0.151. The predicted molar refractivity (Wildman–Crippen MR) is 125 cm³/mol. The number of dihydropyridines is 1. The second-order valence-electron chi connectivity index (χ2n) is 9.81. The summed E-state index contributed by atoms with van der Waals surface area (Å²) in [6, 6.07) is 5.43. The zero-order chi connectivity index (χ0) is 24.7. The van der Waals surface area contributed by atoms with Gasteiger partial charge < -0.3 is 24.3 Å². The highest BCUT2D eigenvalue weighted by molar-refractivity contribution is 6.12. The molecule has 0 spiro atoms. The molecule has 35 heavy (non-hydrogen) atoms. The van der Waals surface area contributed by atoms with Crippen LogP contribution in [0.4, 0.5) is 0 Å². The minimum absolute atomic E-state index is 0.116. The van der Waals surface area contributed by atoms with Gasteiger partial charge in [0, 0.05) is 22.9 Å². The van der Waals surface area contributed by atoms with Crippen LogP contribution in [0, 0.1) is 11.8 Å². The molecule has 2 aliphatic carbocycles. The van der Waals surface area contributed by atoms with Gasteiger partial charge in [-0.25, -0.2) is 4.79 Å². The molecule has 0 radical (unpaired) electrons. The van der Waals surface area contributed by atoms with E-state index < -0.39 is 23.8 Å². The number of Topliss-reactive ketones (excluding diaryl/α,β-unsaturated/α-hetero) is 1. The van der Waals surface area contributed by atoms with Crippen LogP contribution in [-0.4, -0.2) is 37.7 Å². The van der Waals surface area contributed by atoms with Crippen LogP contribution in [0.2, 0.25) is 0 Å². The summed E-state index contributed by atoms with van der Waals surface area (Å²) in [6.45, 7) is 3.82. The quantitative estimate of drug-likeness (QED) is 0.511. The lowest BCUT2D eigenvalue weighted by Gasteiger charge is -2.38. The summed E-state index contributed by atoms with van der Waals surface area (Å²) in [5.74, 6) is -2.00. The number of methoxy groups -OCH3 is 1. The van der Waals surface area contributed by atoms with Gasteiger partial charge in [0.15, 0.2) is 17.3 Å². The molecule has 1 fully saturated rings. The third-order valence-electron chi connectivity index (χ3n) is 7.52. The number of rotatable bonds is 4. The zero-order valence-electron chi connectivity index (χ0n) is 20.3. The fourth-order valence-corrected chi connectivity index (χ4v) is 5.77. The normalized spacial score (nSPS) is 26.3.